The summed E-state index contributed by atoms with van der Waals surface area (Å²) < 4.78 is 13.4. The van der Waals surface area contributed by atoms with Crippen molar-refractivity contribution in [3.63, 3.8) is 0 Å². The molecule has 3 heterocycles. The molecule has 1 aliphatic carbocycles. The molecular weight excluding hydrogens is 494 g/mol. The third kappa shape index (κ3) is 4.56. The Labute approximate surface area is 227 Å². The zero-order valence-electron chi connectivity index (χ0n) is 21.9. The van der Waals surface area contributed by atoms with Gasteiger partial charge in [0.25, 0.3) is 0 Å². The summed E-state index contributed by atoms with van der Waals surface area (Å²) in [5.74, 6) is 1.62. The molecule has 2 aromatic carbocycles. The molecule has 0 fully saturated rings. The first-order valence-electron chi connectivity index (χ1n) is 13.4. The molecular formula is C31H33N3O3S. The summed E-state index contributed by atoms with van der Waals surface area (Å²) in [5.41, 5.74) is 5.92. The first-order chi connectivity index (χ1) is 18.7. The van der Waals surface area contributed by atoms with Crippen molar-refractivity contribution in [3.05, 3.63) is 99.7 Å². The number of fused-ring (bicyclic) bond motifs is 5. The van der Waals surface area contributed by atoms with E-state index >= 15 is 0 Å². The molecule has 1 atom stereocenters. The van der Waals surface area contributed by atoms with E-state index in [0.29, 0.717) is 19.7 Å². The lowest BCUT2D eigenvalue weighted by Crippen LogP contribution is -2.41. The maximum Gasteiger partial charge on any atom is 0.318 e. The van der Waals surface area contributed by atoms with E-state index in [4.69, 9.17) is 9.47 Å². The SMILES string of the molecule is CCOc1ccc([C@H]2c3cccn3-c3sc4c(c3CN2C(=O)NCc2cccc(OC)c2)CCCC4)cc1. The molecule has 196 valence electrons. The van der Waals surface area contributed by atoms with Crippen LogP contribution in [-0.4, -0.2) is 29.2 Å². The van der Waals surface area contributed by atoms with Crippen LogP contribution in [0.1, 0.15) is 58.6 Å². The van der Waals surface area contributed by atoms with Crippen molar-refractivity contribution in [2.75, 3.05) is 13.7 Å². The smallest absolute Gasteiger partial charge is 0.318 e. The Balaban J connectivity index is 1.40. The van der Waals surface area contributed by atoms with Gasteiger partial charge < -0.3 is 24.3 Å². The number of urea groups is 1. The van der Waals surface area contributed by atoms with Crippen molar-refractivity contribution < 1.29 is 14.3 Å². The highest BCUT2D eigenvalue weighted by Crippen LogP contribution is 2.44. The van der Waals surface area contributed by atoms with Gasteiger partial charge in [-0.05, 0) is 85.7 Å². The number of ether oxygens (including phenoxy) is 2. The molecule has 2 aromatic heterocycles. The number of rotatable bonds is 6. The lowest BCUT2D eigenvalue weighted by atomic mass is 9.95. The lowest BCUT2D eigenvalue weighted by molar-refractivity contribution is 0.180. The van der Waals surface area contributed by atoms with Gasteiger partial charge in [-0.3, -0.25) is 0 Å². The minimum Gasteiger partial charge on any atom is -0.497 e. The van der Waals surface area contributed by atoms with Crippen molar-refractivity contribution in [1.29, 1.82) is 0 Å². The lowest BCUT2D eigenvalue weighted by Gasteiger charge is -2.31. The molecule has 0 unspecified atom stereocenters. The van der Waals surface area contributed by atoms with Crippen LogP contribution < -0.4 is 14.8 Å². The molecule has 1 aliphatic heterocycles. The van der Waals surface area contributed by atoms with E-state index in [0.717, 1.165) is 41.2 Å². The number of amides is 2. The molecule has 4 aromatic rings. The fourth-order valence-corrected chi connectivity index (χ4v) is 7.12. The number of nitrogens with zero attached hydrogens (tertiary/aromatic N) is 2. The maximum absolute atomic E-state index is 14.0. The van der Waals surface area contributed by atoms with E-state index in [2.05, 4.69) is 40.3 Å². The normalized spacial score (nSPS) is 16.2. The minimum absolute atomic E-state index is 0.0805. The quantitative estimate of drug-likeness (QED) is 0.306. The molecule has 0 radical (unpaired) electrons. The second-order valence-corrected chi connectivity index (χ2v) is 10.9. The third-order valence-electron chi connectivity index (χ3n) is 7.52. The van der Waals surface area contributed by atoms with E-state index in [1.54, 1.807) is 7.11 Å². The van der Waals surface area contributed by atoms with Crippen molar-refractivity contribution in [2.24, 2.45) is 0 Å². The number of nitrogens with one attached hydrogen (secondary N) is 1. The van der Waals surface area contributed by atoms with Crippen molar-refractivity contribution in [1.82, 2.24) is 14.8 Å². The van der Waals surface area contributed by atoms with Gasteiger partial charge in [-0.1, -0.05) is 24.3 Å². The van der Waals surface area contributed by atoms with Gasteiger partial charge in [-0.25, -0.2) is 4.79 Å². The van der Waals surface area contributed by atoms with Gasteiger partial charge >= 0.3 is 6.03 Å². The van der Waals surface area contributed by atoms with Crippen LogP contribution in [0.15, 0.2) is 66.9 Å². The highest BCUT2D eigenvalue weighted by molar-refractivity contribution is 7.15. The van der Waals surface area contributed by atoms with E-state index in [1.807, 2.05) is 59.6 Å². The van der Waals surface area contributed by atoms with Gasteiger partial charge in [0.2, 0.25) is 0 Å². The zero-order valence-corrected chi connectivity index (χ0v) is 22.7. The predicted molar refractivity (Wildman–Crippen MR) is 151 cm³/mol. The zero-order chi connectivity index (χ0) is 26.1. The summed E-state index contributed by atoms with van der Waals surface area (Å²) in [6.07, 6.45) is 6.82. The van der Waals surface area contributed by atoms with Crippen LogP contribution in [0.2, 0.25) is 0 Å². The fourth-order valence-electron chi connectivity index (χ4n) is 5.71. The Kier molecular flexibility index (Phi) is 6.85. The number of thiophene rings is 1. The van der Waals surface area contributed by atoms with Gasteiger partial charge in [-0.15, -0.1) is 11.3 Å². The molecule has 0 spiro atoms. The van der Waals surface area contributed by atoms with E-state index in [-0.39, 0.29) is 12.1 Å². The summed E-state index contributed by atoms with van der Waals surface area (Å²) in [6, 6.07) is 19.9. The Hall–Kier alpha value is -3.71. The molecule has 1 N–H and O–H groups in total. The highest BCUT2D eigenvalue weighted by atomic mass is 32.1. The van der Waals surface area contributed by atoms with E-state index in [9.17, 15) is 4.79 Å². The van der Waals surface area contributed by atoms with Gasteiger partial charge in [0.1, 0.15) is 16.5 Å². The highest BCUT2D eigenvalue weighted by Gasteiger charge is 2.36. The van der Waals surface area contributed by atoms with Crippen molar-refractivity contribution >= 4 is 17.4 Å². The molecule has 7 heteroatoms. The summed E-state index contributed by atoms with van der Waals surface area (Å²) >= 11 is 1.90. The van der Waals surface area contributed by atoms with Crippen LogP contribution in [0.4, 0.5) is 4.79 Å². The van der Waals surface area contributed by atoms with Crippen LogP contribution in [-0.2, 0) is 25.9 Å². The second-order valence-electron chi connectivity index (χ2n) is 9.84. The standard InChI is InChI=1S/C31H33N3O3S/c1-3-37-23-15-13-22(14-16-23)29-27-11-7-17-33(27)30-26(25-10-4-5-12-28(25)38-30)20-34(29)31(35)32-19-21-8-6-9-24(18-21)36-2/h6-9,11,13-18,29H,3-5,10,12,19-20H2,1-2H3,(H,32,35)/t29-/m0/s1. The molecule has 2 amide bonds. The molecule has 6 rings (SSSR count). The topological polar surface area (TPSA) is 55.7 Å². The van der Waals surface area contributed by atoms with Gasteiger partial charge in [0.15, 0.2) is 0 Å². The van der Waals surface area contributed by atoms with E-state index < -0.39 is 0 Å². The van der Waals surface area contributed by atoms with Crippen LogP contribution in [0.3, 0.4) is 0 Å². The second kappa shape index (κ2) is 10.6. The largest absolute Gasteiger partial charge is 0.497 e. The van der Waals surface area contributed by atoms with Gasteiger partial charge in [0.05, 0.1) is 32.0 Å². The molecule has 6 nitrogen and oxygen atoms in total. The first kappa shape index (κ1) is 24.6. The summed E-state index contributed by atoms with van der Waals surface area (Å²) in [5, 5.41) is 4.47. The van der Waals surface area contributed by atoms with Crippen molar-refractivity contribution in [3.8, 4) is 16.5 Å². The van der Waals surface area contributed by atoms with Crippen LogP contribution in [0, 0.1) is 0 Å². The van der Waals surface area contributed by atoms with Crippen LogP contribution in [0.5, 0.6) is 11.5 Å². The molecule has 2 aliphatic rings. The van der Waals surface area contributed by atoms with Gasteiger partial charge in [0, 0.05) is 23.2 Å². The summed E-state index contributed by atoms with van der Waals surface area (Å²) in [6.45, 7) is 3.61. The average Bonchev–Trinajstić information content (AvgIpc) is 3.54. The number of carbonyl (C=O) groups excluding carboxylic acids is 1. The van der Waals surface area contributed by atoms with E-state index in [1.165, 1.54) is 33.8 Å². The number of hydrogen-bond acceptors (Lipinski definition) is 4. The molecule has 0 saturated carbocycles. The molecule has 0 saturated heterocycles. The Morgan fingerprint density at radius 3 is 2.68 bits per heavy atom. The molecule has 38 heavy (non-hydrogen) atoms. The Bertz CT molecular complexity index is 1440. The summed E-state index contributed by atoms with van der Waals surface area (Å²) in [7, 11) is 1.66. The third-order valence-corrected chi connectivity index (χ3v) is 8.86. The number of benzene rings is 2. The number of methoxy groups -OCH3 is 1. The first-order valence-corrected chi connectivity index (χ1v) is 14.2. The Morgan fingerprint density at radius 1 is 1.03 bits per heavy atom. The van der Waals surface area contributed by atoms with Gasteiger partial charge in [-0.2, -0.15) is 0 Å². The number of hydrogen-bond donors (Lipinski definition) is 1. The summed E-state index contributed by atoms with van der Waals surface area (Å²) in [4.78, 5) is 17.5. The predicted octanol–water partition coefficient (Wildman–Crippen LogP) is 6.64. The molecule has 0 bridgehead atoms. The monoisotopic (exact) mass is 527 g/mol. The van der Waals surface area contributed by atoms with Crippen LogP contribution >= 0.6 is 11.3 Å². The Morgan fingerprint density at radius 2 is 1.87 bits per heavy atom. The maximum atomic E-state index is 14.0. The number of carbonyl (C=O) groups is 1. The average molecular weight is 528 g/mol. The minimum atomic E-state index is -0.232. The number of aryl methyl sites for hydroxylation is 1. The fraction of sp³-hybridized carbons (Fsp3) is 0.323. The van der Waals surface area contributed by atoms with Crippen molar-refractivity contribution in [2.45, 2.75) is 51.7 Å². The van der Waals surface area contributed by atoms with Crippen LogP contribution in [0.25, 0.3) is 5.00 Å². The number of aromatic nitrogens is 1.